The fourth-order valence-corrected chi connectivity index (χ4v) is 4.07. The molecule has 1 fully saturated rings. The summed E-state index contributed by atoms with van der Waals surface area (Å²) in [6, 6.07) is 11.2. The van der Waals surface area contributed by atoms with Gasteiger partial charge in [-0.25, -0.2) is 0 Å². The van der Waals surface area contributed by atoms with E-state index in [0.717, 1.165) is 29.8 Å². The van der Waals surface area contributed by atoms with Crippen molar-refractivity contribution in [2.24, 2.45) is 0 Å². The van der Waals surface area contributed by atoms with Gasteiger partial charge < -0.3 is 24.6 Å². The van der Waals surface area contributed by atoms with Crippen LogP contribution in [0.4, 0.5) is 0 Å². The smallest absolute Gasteiger partial charge is 0.234 e. The number of nitrogens with one attached hydrogen (secondary N) is 1. The average molecular weight is 447 g/mol. The number of fused-ring (bicyclic) bond motifs is 1. The Labute approximate surface area is 186 Å². The molecular formula is C23H27ClN2O5. The Morgan fingerprint density at radius 1 is 1.26 bits per heavy atom. The van der Waals surface area contributed by atoms with Gasteiger partial charge >= 0.3 is 0 Å². The minimum absolute atomic E-state index is 0.0930. The Morgan fingerprint density at radius 2 is 2.10 bits per heavy atom. The van der Waals surface area contributed by atoms with Crippen LogP contribution in [0, 0.1) is 6.92 Å². The van der Waals surface area contributed by atoms with E-state index in [1.54, 1.807) is 6.07 Å². The van der Waals surface area contributed by atoms with Crippen LogP contribution in [-0.2, 0) is 11.3 Å². The van der Waals surface area contributed by atoms with Crippen molar-refractivity contribution in [1.82, 2.24) is 10.2 Å². The molecular weight excluding hydrogens is 420 g/mol. The number of benzene rings is 2. The van der Waals surface area contributed by atoms with Crippen molar-refractivity contribution in [2.45, 2.75) is 31.9 Å². The normalized spacial score (nSPS) is 20.5. The lowest BCUT2D eigenvalue weighted by Crippen LogP contribution is -2.53. The van der Waals surface area contributed by atoms with Gasteiger partial charge in [-0.3, -0.25) is 9.69 Å². The summed E-state index contributed by atoms with van der Waals surface area (Å²) in [5, 5.41) is 14.5. The molecule has 0 aliphatic carbocycles. The van der Waals surface area contributed by atoms with Gasteiger partial charge in [0.1, 0.15) is 18.0 Å². The standard InChI is InChI=1S/C23H27ClN2O5/c1-16-3-5-18(24)20(9-16)29-14-23(28)7-2-8-26(13-23)12-22(27)25-11-17-4-6-19-21(10-17)31-15-30-19/h3-6,9-10,28H,2,7-8,11-15H2,1H3,(H,25,27). The third-order valence-electron chi connectivity index (χ3n) is 5.51. The lowest BCUT2D eigenvalue weighted by molar-refractivity contribution is -0.124. The van der Waals surface area contributed by atoms with Crippen molar-refractivity contribution < 1.29 is 24.1 Å². The van der Waals surface area contributed by atoms with E-state index in [-0.39, 0.29) is 25.9 Å². The fourth-order valence-electron chi connectivity index (χ4n) is 3.90. The van der Waals surface area contributed by atoms with E-state index in [9.17, 15) is 9.90 Å². The van der Waals surface area contributed by atoms with Crippen LogP contribution in [0.1, 0.15) is 24.0 Å². The van der Waals surface area contributed by atoms with Crippen LogP contribution in [0.5, 0.6) is 17.2 Å². The van der Waals surface area contributed by atoms with Gasteiger partial charge in [0.25, 0.3) is 0 Å². The third-order valence-corrected chi connectivity index (χ3v) is 5.82. The SMILES string of the molecule is Cc1ccc(Cl)c(OCC2(O)CCCN(CC(=O)NCc3ccc4c(c3)OCO4)C2)c1. The summed E-state index contributed by atoms with van der Waals surface area (Å²) in [7, 11) is 0. The molecule has 2 aliphatic rings. The van der Waals surface area contributed by atoms with Gasteiger partial charge in [0, 0.05) is 13.1 Å². The molecule has 0 aromatic heterocycles. The number of piperidine rings is 1. The summed E-state index contributed by atoms with van der Waals surface area (Å²) in [5.41, 5.74) is 0.954. The van der Waals surface area contributed by atoms with Gasteiger partial charge in [0.15, 0.2) is 11.5 Å². The lowest BCUT2D eigenvalue weighted by atomic mass is 9.93. The van der Waals surface area contributed by atoms with Gasteiger partial charge in [-0.1, -0.05) is 23.7 Å². The number of aryl methyl sites for hydroxylation is 1. The van der Waals surface area contributed by atoms with Crippen LogP contribution >= 0.6 is 11.6 Å². The molecule has 0 saturated carbocycles. The number of β-amino-alcohol motifs (C(OH)–C–C–N with tert-alkyl or cyclic N) is 1. The van der Waals surface area contributed by atoms with Crippen molar-refractivity contribution in [3.05, 3.63) is 52.5 Å². The number of carbonyl (C=O) groups excluding carboxylic acids is 1. The van der Waals surface area contributed by atoms with E-state index < -0.39 is 5.60 Å². The number of amides is 1. The first-order valence-electron chi connectivity index (χ1n) is 10.4. The topological polar surface area (TPSA) is 80.3 Å². The Kier molecular flexibility index (Phi) is 6.55. The van der Waals surface area contributed by atoms with Crippen LogP contribution in [-0.4, -0.2) is 54.5 Å². The molecule has 1 unspecified atom stereocenters. The maximum atomic E-state index is 12.5. The van der Waals surface area contributed by atoms with Crippen LogP contribution < -0.4 is 19.5 Å². The zero-order valence-corrected chi connectivity index (χ0v) is 18.3. The number of hydrogen-bond donors (Lipinski definition) is 2. The largest absolute Gasteiger partial charge is 0.489 e. The fraction of sp³-hybridized carbons (Fsp3) is 0.435. The highest BCUT2D eigenvalue weighted by Gasteiger charge is 2.35. The molecule has 8 heteroatoms. The number of halogens is 1. The van der Waals surface area contributed by atoms with Crippen molar-refractivity contribution in [2.75, 3.05) is 33.0 Å². The predicted molar refractivity (Wildman–Crippen MR) is 117 cm³/mol. The van der Waals surface area contributed by atoms with Gasteiger partial charge in [-0.15, -0.1) is 0 Å². The molecule has 1 amide bonds. The van der Waals surface area contributed by atoms with E-state index in [1.807, 2.05) is 42.2 Å². The molecule has 2 aromatic rings. The van der Waals surface area contributed by atoms with Gasteiger partial charge in [-0.05, 0) is 61.7 Å². The van der Waals surface area contributed by atoms with Gasteiger partial charge in [0.2, 0.25) is 12.7 Å². The minimum Gasteiger partial charge on any atom is -0.489 e. The van der Waals surface area contributed by atoms with E-state index in [0.29, 0.717) is 36.0 Å². The van der Waals surface area contributed by atoms with E-state index in [2.05, 4.69) is 5.32 Å². The van der Waals surface area contributed by atoms with Crippen molar-refractivity contribution in [1.29, 1.82) is 0 Å². The molecule has 7 nitrogen and oxygen atoms in total. The number of likely N-dealkylation sites (tertiary alicyclic amines) is 1. The predicted octanol–water partition coefficient (Wildman–Crippen LogP) is 2.90. The summed E-state index contributed by atoms with van der Waals surface area (Å²) in [5.74, 6) is 1.89. The second-order valence-electron chi connectivity index (χ2n) is 8.23. The maximum absolute atomic E-state index is 12.5. The van der Waals surface area contributed by atoms with E-state index in [1.165, 1.54) is 0 Å². The van der Waals surface area contributed by atoms with Crippen LogP contribution in [0.25, 0.3) is 0 Å². The summed E-state index contributed by atoms with van der Waals surface area (Å²) >= 11 is 6.19. The van der Waals surface area contributed by atoms with Crippen LogP contribution in [0.3, 0.4) is 0 Å². The molecule has 2 heterocycles. The first kappa shape index (κ1) is 21.7. The zero-order chi connectivity index (χ0) is 21.8. The molecule has 1 atom stereocenters. The van der Waals surface area contributed by atoms with E-state index >= 15 is 0 Å². The van der Waals surface area contributed by atoms with Crippen LogP contribution in [0.2, 0.25) is 5.02 Å². The first-order chi connectivity index (χ1) is 14.9. The highest BCUT2D eigenvalue weighted by molar-refractivity contribution is 6.32. The van der Waals surface area contributed by atoms with Crippen molar-refractivity contribution in [3.8, 4) is 17.2 Å². The molecule has 2 aromatic carbocycles. The molecule has 0 spiro atoms. The van der Waals surface area contributed by atoms with Crippen LogP contribution in [0.15, 0.2) is 36.4 Å². The molecule has 4 rings (SSSR count). The number of rotatable bonds is 7. The highest BCUT2D eigenvalue weighted by Crippen LogP contribution is 2.32. The van der Waals surface area contributed by atoms with Crippen molar-refractivity contribution in [3.63, 3.8) is 0 Å². The summed E-state index contributed by atoms with van der Waals surface area (Å²) in [6.45, 7) is 4.07. The molecule has 31 heavy (non-hydrogen) atoms. The Hall–Kier alpha value is -2.48. The Morgan fingerprint density at radius 3 is 2.97 bits per heavy atom. The minimum atomic E-state index is -1.02. The van der Waals surface area contributed by atoms with Gasteiger partial charge in [-0.2, -0.15) is 0 Å². The number of ether oxygens (including phenoxy) is 3. The van der Waals surface area contributed by atoms with Gasteiger partial charge in [0.05, 0.1) is 11.6 Å². The van der Waals surface area contributed by atoms with E-state index in [4.69, 9.17) is 25.8 Å². The second kappa shape index (κ2) is 9.34. The maximum Gasteiger partial charge on any atom is 0.234 e. The number of nitrogens with zero attached hydrogens (tertiary/aromatic N) is 1. The number of aliphatic hydroxyl groups is 1. The molecule has 2 aliphatic heterocycles. The quantitative estimate of drug-likeness (QED) is 0.680. The first-order valence-corrected chi connectivity index (χ1v) is 10.8. The Balaban J connectivity index is 1.26. The summed E-state index contributed by atoms with van der Waals surface area (Å²) < 4.78 is 16.5. The average Bonchev–Trinajstić information content (AvgIpc) is 3.21. The summed E-state index contributed by atoms with van der Waals surface area (Å²) in [4.78, 5) is 14.4. The highest BCUT2D eigenvalue weighted by atomic mass is 35.5. The molecule has 1 saturated heterocycles. The zero-order valence-electron chi connectivity index (χ0n) is 17.5. The molecule has 2 N–H and O–H groups in total. The molecule has 166 valence electrons. The molecule has 0 bridgehead atoms. The second-order valence-corrected chi connectivity index (χ2v) is 8.63. The van der Waals surface area contributed by atoms with Crippen molar-refractivity contribution >= 4 is 17.5 Å². The monoisotopic (exact) mass is 446 g/mol. The summed E-state index contributed by atoms with van der Waals surface area (Å²) in [6.07, 6.45) is 1.41. The lowest BCUT2D eigenvalue weighted by Gasteiger charge is -2.38. The Bertz CT molecular complexity index is 954. The third kappa shape index (κ3) is 5.61. The number of hydrogen-bond acceptors (Lipinski definition) is 6. The molecule has 0 radical (unpaired) electrons. The number of carbonyl (C=O) groups is 1.